The summed E-state index contributed by atoms with van der Waals surface area (Å²) in [5.41, 5.74) is 1.69. The number of amides is 1. The summed E-state index contributed by atoms with van der Waals surface area (Å²) < 4.78 is 0. The maximum Gasteiger partial charge on any atom is 0.226 e. The Kier molecular flexibility index (Phi) is 3.69. The molecule has 2 aromatic rings. The molecule has 5 heteroatoms. The maximum absolute atomic E-state index is 12.1. The highest BCUT2D eigenvalue weighted by Gasteiger charge is 2.24. The van der Waals surface area contributed by atoms with Crippen LogP contribution in [-0.2, 0) is 11.2 Å². The molecule has 20 heavy (non-hydrogen) atoms. The second kappa shape index (κ2) is 5.63. The van der Waals surface area contributed by atoms with E-state index in [1.807, 2.05) is 24.3 Å². The van der Waals surface area contributed by atoms with Gasteiger partial charge in [-0.25, -0.2) is 0 Å². The molecule has 1 aromatic carbocycles. The third-order valence-electron chi connectivity index (χ3n) is 3.95. The fraction of sp³-hybridized carbons (Fsp3) is 0.467. The molecule has 1 amide bonds. The number of H-pyrrole nitrogens is 1. The molecule has 106 valence electrons. The summed E-state index contributed by atoms with van der Waals surface area (Å²) >= 11 is 0. The van der Waals surface area contributed by atoms with E-state index in [0.717, 1.165) is 42.3 Å². The predicted molar refractivity (Wildman–Crippen MR) is 76.2 cm³/mol. The van der Waals surface area contributed by atoms with E-state index in [9.17, 15) is 9.90 Å². The van der Waals surface area contributed by atoms with Gasteiger partial charge in [0.15, 0.2) is 0 Å². The summed E-state index contributed by atoms with van der Waals surface area (Å²) in [7, 11) is 0. The van der Waals surface area contributed by atoms with Crippen molar-refractivity contribution in [3.05, 3.63) is 30.0 Å². The lowest BCUT2D eigenvalue weighted by atomic mass is 9.92. The summed E-state index contributed by atoms with van der Waals surface area (Å²) in [6, 6.07) is 7.62. The SMILES string of the molecule is O=C(Cc1[nH]nc2ccccc12)NC1CCCCC1O. The third kappa shape index (κ3) is 2.67. The van der Waals surface area contributed by atoms with Gasteiger partial charge in [-0.2, -0.15) is 5.10 Å². The van der Waals surface area contributed by atoms with Crippen molar-refractivity contribution in [3.8, 4) is 0 Å². The number of aliphatic hydroxyl groups is 1. The Bertz CT molecular complexity index is 608. The minimum atomic E-state index is -0.411. The van der Waals surface area contributed by atoms with E-state index in [1.54, 1.807) is 0 Å². The standard InChI is InChI=1S/C15H19N3O2/c19-14-8-4-3-7-12(14)16-15(20)9-13-10-5-1-2-6-11(10)17-18-13/h1-2,5-6,12,14,19H,3-4,7-9H2,(H,16,20)(H,17,18). The number of aromatic nitrogens is 2. The van der Waals surface area contributed by atoms with Crippen LogP contribution in [0.15, 0.2) is 24.3 Å². The first kappa shape index (κ1) is 13.1. The van der Waals surface area contributed by atoms with Crippen molar-refractivity contribution in [1.82, 2.24) is 15.5 Å². The Morgan fingerprint density at radius 3 is 3.00 bits per heavy atom. The van der Waals surface area contributed by atoms with Gasteiger partial charge in [0.25, 0.3) is 0 Å². The lowest BCUT2D eigenvalue weighted by molar-refractivity contribution is -0.122. The lowest BCUT2D eigenvalue weighted by Gasteiger charge is -2.28. The molecule has 2 atom stereocenters. The fourth-order valence-corrected chi connectivity index (χ4v) is 2.85. The van der Waals surface area contributed by atoms with E-state index >= 15 is 0 Å². The molecule has 0 bridgehead atoms. The van der Waals surface area contributed by atoms with Crippen LogP contribution >= 0.6 is 0 Å². The molecule has 3 N–H and O–H groups in total. The zero-order valence-corrected chi connectivity index (χ0v) is 11.3. The molecule has 1 heterocycles. The number of nitrogens with one attached hydrogen (secondary N) is 2. The lowest BCUT2D eigenvalue weighted by Crippen LogP contribution is -2.45. The smallest absolute Gasteiger partial charge is 0.226 e. The predicted octanol–water partition coefficient (Wildman–Crippen LogP) is 1.53. The molecule has 2 unspecified atom stereocenters. The summed E-state index contributed by atoms with van der Waals surface area (Å²) in [4.78, 5) is 12.1. The van der Waals surface area contributed by atoms with Gasteiger partial charge in [-0.1, -0.05) is 31.0 Å². The molecule has 1 aliphatic rings. The highest BCUT2D eigenvalue weighted by Crippen LogP contribution is 2.19. The number of fused-ring (bicyclic) bond motifs is 1. The zero-order valence-electron chi connectivity index (χ0n) is 11.3. The fourth-order valence-electron chi connectivity index (χ4n) is 2.85. The average molecular weight is 273 g/mol. The van der Waals surface area contributed by atoms with Crippen molar-refractivity contribution in [2.24, 2.45) is 0 Å². The van der Waals surface area contributed by atoms with Gasteiger partial charge in [-0.05, 0) is 18.9 Å². The molecule has 1 fully saturated rings. The Morgan fingerprint density at radius 1 is 1.35 bits per heavy atom. The minimum absolute atomic E-state index is 0.0645. The third-order valence-corrected chi connectivity index (χ3v) is 3.95. The normalized spacial score (nSPS) is 22.9. The molecule has 1 aliphatic carbocycles. The highest BCUT2D eigenvalue weighted by molar-refractivity contribution is 5.87. The summed E-state index contributed by atoms with van der Waals surface area (Å²) in [6.07, 6.45) is 3.60. The van der Waals surface area contributed by atoms with Crippen LogP contribution in [0, 0.1) is 0 Å². The van der Waals surface area contributed by atoms with Crippen LogP contribution in [0.4, 0.5) is 0 Å². The highest BCUT2D eigenvalue weighted by atomic mass is 16.3. The van der Waals surface area contributed by atoms with Gasteiger partial charge in [0, 0.05) is 5.39 Å². The Hall–Kier alpha value is -1.88. The Morgan fingerprint density at radius 2 is 2.15 bits per heavy atom. The van der Waals surface area contributed by atoms with Crippen LogP contribution in [0.5, 0.6) is 0 Å². The monoisotopic (exact) mass is 273 g/mol. The number of aromatic amines is 1. The number of benzene rings is 1. The zero-order chi connectivity index (χ0) is 13.9. The molecule has 0 spiro atoms. The van der Waals surface area contributed by atoms with E-state index < -0.39 is 6.10 Å². The van der Waals surface area contributed by atoms with Crippen molar-refractivity contribution >= 4 is 16.8 Å². The molecule has 0 radical (unpaired) electrons. The second-order valence-corrected chi connectivity index (χ2v) is 5.42. The Balaban J connectivity index is 1.66. The molecular weight excluding hydrogens is 254 g/mol. The van der Waals surface area contributed by atoms with Gasteiger partial charge in [0.05, 0.1) is 29.8 Å². The molecule has 5 nitrogen and oxygen atoms in total. The van der Waals surface area contributed by atoms with Crippen LogP contribution < -0.4 is 5.32 Å². The van der Waals surface area contributed by atoms with Crippen LogP contribution in [0.25, 0.3) is 10.9 Å². The first-order chi connectivity index (χ1) is 9.74. The van der Waals surface area contributed by atoms with Crippen molar-refractivity contribution in [1.29, 1.82) is 0 Å². The van der Waals surface area contributed by atoms with Gasteiger partial charge in [0.1, 0.15) is 0 Å². The number of nitrogens with zero attached hydrogens (tertiary/aromatic N) is 1. The maximum atomic E-state index is 12.1. The van der Waals surface area contributed by atoms with Gasteiger partial charge in [0.2, 0.25) is 5.91 Å². The van der Waals surface area contributed by atoms with Crippen molar-refractivity contribution in [2.45, 2.75) is 44.2 Å². The van der Waals surface area contributed by atoms with Gasteiger partial charge in [-0.3, -0.25) is 9.89 Å². The quantitative estimate of drug-likeness (QED) is 0.793. The van der Waals surface area contributed by atoms with Crippen molar-refractivity contribution < 1.29 is 9.90 Å². The number of para-hydroxylation sites is 1. The summed E-state index contributed by atoms with van der Waals surface area (Å²) in [5, 5.41) is 20.9. The molecule has 0 aliphatic heterocycles. The summed E-state index contributed by atoms with van der Waals surface area (Å²) in [5.74, 6) is -0.0645. The number of hydrogen-bond donors (Lipinski definition) is 3. The van der Waals surface area contributed by atoms with Crippen LogP contribution in [-0.4, -0.2) is 33.4 Å². The number of aliphatic hydroxyl groups excluding tert-OH is 1. The Labute approximate surface area is 117 Å². The van der Waals surface area contributed by atoms with E-state index in [-0.39, 0.29) is 18.4 Å². The van der Waals surface area contributed by atoms with Crippen molar-refractivity contribution in [3.63, 3.8) is 0 Å². The first-order valence-corrected chi connectivity index (χ1v) is 7.13. The molecule has 1 aromatic heterocycles. The van der Waals surface area contributed by atoms with Crippen LogP contribution in [0.3, 0.4) is 0 Å². The summed E-state index contributed by atoms with van der Waals surface area (Å²) in [6.45, 7) is 0. The van der Waals surface area contributed by atoms with E-state index in [2.05, 4.69) is 15.5 Å². The average Bonchev–Trinajstić information content (AvgIpc) is 2.85. The van der Waals surface area contributed by atoms with Crippen molar-refractivity contribution in [2.75, 3.05) is 0 Å². The van der Waals surface area contributed by atoms with Gasteiger partial charge >= 0.3 is 0 Å². The van der Waals surface area contributed by atoms with Gasteiger partial charge in [-0.15, -0.1) is 0 Å². The minimum Gasteiger partial charge on any atom is -0.391 e. The molecular formula is C15H19N3O2. The number of carbonyl (C=O) groups is 1. The van der Waals surface area contributed by atoms with E-state index in [1.165, 1.54) is 0 Å². The molecule has 3 rings (SSSR count). The molecule has 1 saturated carbocycles. The topological polar surface area (TPSA) is 78.0 Å². The van der Waals surface area contributed by atoms with Gasteiger partial charge < -0.3 is 10.4 Å². The van der Waals surface area contributed by atoms with Crippen LogP contribution in [0.1, 0.15) is 31.4 Å². The number of hydrogen-bond acceptors (Lipinski definition) is 3. The second-order valence-electron chi connectivity index (χ2n) is 5.42. The largest absolute Gasteiger partial charge is 0.391 e. The number of rotatable bonds is 3. The van der Waals surface area contributed by atoms with E-state index in [0.29, 0.717) is 0 Å². The first-order valence-electron chi connectivity index (χ1n) is 7.13. The molecule has 0 saturated heterocycles. The number of carbonyl (C=O) groups excluding carboxylic acids is 1. The van der Waals surface area contributed by atoms with E-state index in [4.69, 9.17) is 0 Å². The van der Waals surface area contributed by atoms with Crippen LogP contribution in [0.2, 0.25) is 0 Å².